The van der Waals surface area contributed by atoms with Crippen LogP contribution in [0.15, 0.2) is 0 Å². The molecule has 58 valence electrons. The second kappa shape index (κ2) is 3.53. The SMILES string of the molecule is COCC1OCC1NC=O. The van der Waals surface area contributed by atoms with Gasteiger partial charge in [0.15, 0.2) is 0 Å². The first-order valence-corrected chi connectivity index (χ1v) is 3.18. The molecule has 0 aliphatic carbocycles. The summed E-state index contributed by atoms with van der Waals surface area (Å²) in [5, 5.41) is 2.63. The first-order chi connectivity index (χ1) is 4.88. The highest BCUT2D eigenvalue weighted by atomic mass is 16.5. The molecule has 2 atom stereocenters. The molecule has 1 saturated heterocycles. The Hall–Kier alpha value is -0.610. The molecule has 1 aliphatic heterocycles. The molecular formula is C6H11NO3. The fourth-order valence-electron chi connectivity index (χ4n) is 0.900. The van der Waals surface area contributed by atoms with Crippen LogP contribution in [-0.4, -0.2) is 38.9 Å². The number of ether oxygens (including phenoxy) is 2. The molecule has 10 heavy (non-hydrogen) atoms. The van der Waals surface area contributed by atoms with Gasteiger partial charge in [0.25, 0.3) is 0 Å². The molecule has 0 radical (unpaired) electrons. The van der Waals surface area contributed by atoms with E-state index in [1.165, 1.54) is 0 Å². The zero-order valence-corrected chi connectivity index (χ0v) is 5.87. The van der Waals surface area contributed by atoms with Crippen molar-refractivity contribution in [1.82, 2.24) is 5.32 Å². The van der Waals surface area contributed by atoms with Gasteiger partial charge in [0.05, 0.1) is 19.3 Å². The van der Waals surface area contributed by atoms with Gasteiger partial charge in [-0.3, -0.25) is 4.79 Å². The Balaban J connectivity index is 2.15. The molecule has 0 spiro atoms. The van der Waals surface area contributed by atoms with Crippen molar-refractivity contribution in [2.24, 2.45) is 0 Å². The van der Waals surface area contributed by atoms with E-state index in [9.17, 15) is 4.79 Å². The highest BCUT2D eigenvalue weighted by molar-refractivity contribution is 5.47. The molecule has 2 unspecified atom stereocenters. The summed E-state index contributed by atoms with van der Waals surface area (Å²) < 4.78 is 9.93. The Bertz CT molecular complexity index is 118. The monoisotopic (exact) mass is 145 g/mol. The summed E-state index contributed by atoms with van der Waals surface area (Å²) in [6, 6.07) is 0.150. The molecule has 0 aromatic rings. The minimum Gasteiger partial charge on any atom is -0.382 e. The van der Waals surface area contributed by atoms with E-state index in [2.05, 4.69) is 5.32 Å². The molecule has 1 rings (SSSR count). The minimum absolute atomic E-state index is 0.0511. The van der Waals surface area contributed by atoms with Crippen LogP contribution in [0.2, 0.25) is 0 Å². The van der Waals surface area contributed by atoms with Crippen LogP contribution >= 0.6 is 0 Å². The maximum absolute atomic E-state index is 9.95. The Kier molecular flexibility index (Phi) is 2.65. The second-order valence-corrected chi connectivity index (χ2v) is 2.22. The first kappa shape index (κ1) is 7.50. The summed E-state index contributed by atoms with van der Waals surface area (Å²) in [5.74, 6) is 0. The minimum atomic E-state index is 0.0511. The summed E-state index contributed by atoms with van der Waals surface area (Å²) in [7, 11) is 1.61. The van der Waals surface area contributed by atoms with E-state index in [1.807, 2.05) is 0 Å². The van der Waals surface area contributed by atoms with E-state index in [0.29, 0.717) is 19.6 Å². The lowest BCUT2D eigenvalue weighted by Gasteiger charge is -2.35. The van der Waals surface area contributed by atoms with Crippen molar-refractivity contribution in [2.75, 3.05) is 20.3 Å². The molecule has 0 saturated carbocycles. The van der Waals surface area contributed by atoms with Crippen LogP contribution in [0.5, 0.6) is 0 Å². The van der Waals surface area contributed by atoms with Crippen LogP contribution in [0, 0.1) is 0 Å². The molecule has 1 heterocycles. The number of carbonyl (C=O) groups excluding carboxylic acids is 1. The lowest BCUT2D eigenvalue weighted by Crippen LogP contribution is -2.55. The van der Waals surface area contributed by atoms with E-state index >= 15 is 0 Å². The first-order valence-electron chi connectivity index (χ1n) is 3.18. The predicted molar refractivity (Wildman–Crippen MR) is 34.6 cm³/mol. The highest BCUT2D eigenvalue weighted by Crippen LogP contribution is 2.11. The van der Waals surface area contributed by atoms with Crippen LogP contribution in [0.1, 0.15) is 0 Å². The summed E-state index contributed by atoms with van der Waals surface area (Å²) in [4.78, 5) is 9.95. The van der Waals surface area contributed by atoms with Gasteiger partial charge in [0.2, 0.25) is 6.41 Å². The van der Waals surface area contributed by atoms with Gasteiger partial charge in [-0.05, 0) is 0 Å². The number of carbonyl (C=O) groups is 1. The normalized spacial score (nSPS) is 30.9. The topological polar surface area (TPSA) is 47.6 Å². The molecule has 0 aromatic heterocycles. The Morgan fingerprint density at radius 1 is 1.90 bits per heavy atom. The van der Waals surface area contributed by atoms with Crippen molar-refractivity contribution in [3.63, 3.8) is 0 Å². The van der Waals surface area contributed by atoms with E-state index < -0.39 is 0 Å². The molecule has 4 nitrogen and oxygen atoms in total. The Morgan fingerprint density at radius 2 is 2.70 bits per heavy atom. The number of hydrogen-bond donors (Lipinski definition) is 1. The lowest BCUT2D eigenvalue weighted by atomic mass is 10.1. The number of amides is 1. The molecular weight excluding hydrogens is 134 g/mol. The molecule has 1 amide bonds. The highest BCUT2D eigenvalue weighted by Gasteiger charge is 2.31. The van der Waals surface area contributed by atoms with Crippen molar-refractivity contribution in [3.8, 4) is 0 Å². The Morgan fingerprint density at radius 3 is 3.10 bits per heavy atom. The van der Waals surface area contributed by atoms with E-state index in [0.717, 1.165) is 0 Å². The maximum atomic E-state index is 9.95. The summed E-state index contributed by atoms with van der Waals surface area (Å²) in [5.41, 5.74) is 0. The van der Waals surface area contributed by atoms with Crippen LogP contribution in [0.3, 0.4) is 0 Å². The van der Waals surface area contributed by atoms with Crippen LogP contribution in [0.4, 0.5) is 0 Å². The van der Waals surface area contributed by atoms with Crippen molar-refractivity contribution in [1.29, 1.82) is 0 Å². The summed E-state index contributed by atoms with van der Waals surface area (Å²) in [6.45, 7) is 1.15. The van der Waals surface area contributed by atoms with Crippen LogP contribution in [0.25, 0.3) is 0 Å². The van der Waals surface area contributed by atoms with Gasteiger partial charge < -0.3 is 14.8 Å². The van der Waals surface area contributed by atoms with Gasteiger partial charge in [-0.1, -0.05) is 0 Å². The third-order valence-electron chi connectivity index (χ3n) is 1.55. The van der Waals surface area contributed by atoms with Gasteiger partial charge in [-0.25, -0.2) is 0 Å². The third kappa shape index (κ3) is 1.46. The largest absolute Gasteiger partial charge is 0.382 e. The van der Waals surface area contributed by atoms with Gasteiger partial charge in [-0.15, -0.1) is 0 Å². The number of nitrogens with one attached hydrogen (secondary N) is 1. The average molecular weight is 145 g/mol. The molecule has 0 bridgehead atoms. The second-order valence-electron chi connectivity index (χ2n) is 2.22. The van der Waals surface area contributed by atoms with Crippen LogP contribution < -0.4 is 5.32 Å². The van der Waals surface area contributed by atoms with E-state index in [4.69, 9.17) is 9.47 Å². The zero-order valence-electron chi connectivity index (χ0n) is 5.87. The van der Waals surface area contributed by atoms with Crippen molar-refractivity contribution >= 4 is 6.41 Å². The maximum Gasteiger partial charge on any atom is 0.207 e. The lowest BCUT2D eigenvalue weighted by molar-refractivity contribution is -0.130. The van der Waals surface area contributed by atoms with Crippen molar-refractivity contribution in [2.45, 2.75) is 12.1 Å². The molecule has 1 fully saturated rings. The van der Waals surface area contributed by atoms with Crippen LogP contribution in [-0.2, 0) is 14.3 Å². The predicted octanol–water partition coefficient (Wildman–Crippen LogP) is -0.854. The standard InChI is InChI=1S/C6H11NO3/c1-9-3-6-5(2-10-6)7-4-8/h4-6H,2-3H2,1H3,(H,7,8). The Labute approximate surface area is 59.5 Å². The third-order valence-corrected chi connectivity index (χ3v) is 1.55. The molecule has 1 aliphatic rings. The summed E-state index contributed by atoms with van der Waals surface area (Å²) >= 11 is 0. The van der Waals surface area contributed by atoms with Gasteiger partial charge in [0.1, 0.15) is 6.10 Å². The van der Waals surface area contributed by atoms with Crippen molar-refractivity contribution < 1.29 is 14.3 Å². The smallest absolute Gasteiger partial charge is 0.207 e. The number of hydrogen-bond acceptors (Lipinski definition) is 3. The quantitative estimate of drug-likeness (QED) is 0.524. The fourth-order valence-corrected chi connectivity index (χ4v) is 0.900. The molecule has 0 aromatic carbocycles. The molecule has 4 heteroatoms. The van der Waals surface area contributed by atoms with Gasteiger partial charge >= 0.3 is 0 Å². The average Bonchev–Trinajstić information content (AvgIpc) is 1.93. The van der Waals surface area contributed by atoms with E-state index in [1.54, 1.807) is 7.11 Å². The molecule has 1 N–H and O–H groups in total. The number of rotatable bonds is 4. The zero-order chi connectivity index (χ0) is 7.40. The van der Waals surface area contributed by atoms with Gasteiger partial charge in [0, 0.05) is 7.11 Å². The van der Waals surface area contributed by atoms with Crippen molar-refractivity contribution in [3.05, 3.63) is 0 Å². The summed E-state index contributed by atoms with van der Waals surface area (Å²) in [6.07, 6.45) is 0.741. The fraction of sp³-hybridized carbons (Fsp3) is 0.833. The van der Waals surface area contributed by atoms with Gasteiger partial charge in [-0.2, -0.15) is 0 Å². The number of methoxy groups -OCH3 is 1. The van der Waals surface area contributed by atoms with E-state index in [-0.39, 0.29) is 12.1 Å².